The molecule has 0 unspecified atom stereocenters. The molecule has 4 heteroatoms. The lowest BCUT2D eigenvalue weighted by Gasteiger charge is -2.12. The second-order valence-electron chi connectivity index (χ2n) is 4.63. The van der Waals surface area contributed by atoms with Gasteiger partial charge in [-0.15, -0.1) is 0 Å². The topological polar surface area (TPSA) is 54.3 Å². The van der Waals surface area contributed by atoms with E-state index in [1.165, 1.54) is 5.56 Å². The fourth-order valence-electron chi connectivity index (χ4n) is 1.84. The summed E-state index contributed by atoms with van der Waals surface area (Å²) in [5, 5.41) is 11.8. The summed E-state index contributed by atoms with van der Waals surface area (Å²) < 4.78 is 11.1. The Kier molecular flexibility index (Phi) is 8.25. The Balaban J connectivity index is 2.48. The maximum absolute atomic E-state index is 8.47. The van der Waals surface area contributed by atoms with Crippen molar-refractivity contribution in [1.82, 2.24) is 5.32 Å². The normalized spacial score (nSPS) is 10.1. The van der Waals surface area contributed by atoms with Crippen LogP contribution in [0.4, 0.5) is 0 Å². The second-order valence-corrected chi connectivity index (χ2v) is 4.63. The van der Waals surface area contributed by atoms with E-state index < -0.39 is 0 Å². The molecule has 0 aliphatic heterocycles. The van der Waals surface area contributed by atoms with Crippen LogP contribution in [0.15, 0.2) is 18.2 Å². The molecule has 1 N–H and O–H groups in total. The number of hydrogen-bond donors (Lipinski definition) is 1. The molecule has 0 atom stereocenters. The fraction of sp³-hybridized carbons (Fsp3) is 0.562. The maximum atomic E-state index is 8.47. The van der Waals surface area contributed by atoms with E-state index in [9.17, 15) is 0 Å². The summed E-state index contributed by atoms with van der Waals surface area (Å²) in [5.74, 6) is 1.53. The summed E-state index contributed by atoms with van der Waals surface area (Å²) in [6, 6.07) is 8.14. The molecule has 0 saturated heterocycles. The highest BCUT2D eigenvalue weighted by Gasteiger charge is 2.05. The minimum atomic E-state index is 0.586. The quantitative estimate of drug-likeness (QED) is 0.666. The molecule has 4 nitrogen and oxygen atoms in total. The minimum Gasteiger partial charge on any atom is -0.493 e. The molecule has 0 saturated carbocycles. The van der Waals surface area contributed by atoms with Crippen LogP contribution in [-0.2, 0) is 6.54 Å². The van der Waals surface area contributed by atoms with Gasteiger partial charge in [0.2, 0.25) is 0 Å². The van der Waals surface area contributed by atoms with Crippen molar-refractivity contribution < 1.29 is 9.47 Å². The van der Waals surface area contributed by atoms with Gasteiger partial charge >= 0.3 is 0 Å². The van der Waals surface area contributed by atoms with Gasteiger partial charge < -0.3 is 14.8 Å². The first-order chi connectivity index (χ1) is 9.81. The highest BCUT2D eigenvalue weighted by molar-refractivity contribution is 5.42. The summed E-state index contributed by atoms with van der Waals surface area (Å²) in [7, 11) is 1.65. The number of nitrogens with one attached hydrogen (secondary N) is 1. The lowest BCUT2D eigenvalue weighted by Crippen LogP contribution is -2.13. The number of nitriles is 1. The van der Waals surface area contributed by atoms with Crippen molar-refractivity contribution >= 4 is 0 Å². The van der Waals surface area contributed by atoms with Gasteiger partial charge in [-0.05, 0) is 43.5 Å². The van der Waals surface area contributed by atoms with Crippen LogP contribution >= 0.6 is 0 Å². The maximum Gasteiger partial charge on any atom is 0.161 e. The van der Waals surface area contributed by atoms with Crippen LogP contribution in [-0.4, -0.2) is 20.3 Å². The third-order valence-corrected chi connectivity index (χ3v) is 2.92. The van der Waals surface area contributed by atoms with Crippen molar-refractivity contribution in [3.63, 3.8) is 0 Å². The van der Waals surface area contributed by atoms with Crippen LogP contribution in [0, 0.1) is 11.3 Å². The number of unbranched alkanes of at least 4 members (excludes halogenated alkanes) is 2. The van der Waals surface area contributed by atoms with Crippen molar-refractivity contribution in [2.24, 2.45) is 0 Å². The van der Waals surface area contributed by atoms with E-state index in [1.54, 1.807) is 7.11 Å². The second kappa shape index (κ2) is 10.1. The van der Waals surface area contributed by atoms with E-state index in [4.69, 9.17) is 14.7 Å². The third kappa shape index (κ3) is 5.94. The zero-order chi connectivity index (χ0) is 14.6. The Morgan fingerprint density at radius 2 is 2.10 bits per heavy atom. The fourth-order valence-corrected chi connectivity index (χ4v) is 1.84. The van der Waals surface area contributed by atoms with Crippen LogP contribution in [0.3, 0.4) is 0 Å². The Morgan fingerprint density at radius 1 is 1.25 bits per heavy atom. The van der Waals surface area contributed by atoms with Crippen LogP contribution in [0.5, 0.6) is 11.5 Å². The van der Waals surface area contributed by atoms with Crippen LogP contribution in [0.25, 0.3) is 0 Å². The molecule has 110 valence electrons. The number of hydrogen-bond acceptors (Lipinski definition) is 4. The van der Waals surface area contributed by atoms with Gasteiger partial charge in [0.05, 0.1) is 19.8 Å². The number of ether oxygens (including phenoxy) is 2. The monoisotopic (exact) mass is 276 g/mol. The molecule has 20 heavy (non-hydrogen) atoms. The van der Waals surface area contributed by atoms with Crippen molar-refractivity contribution in [3.05, 3.63) is 23.8 Å². The van der Waals surface area contributed by atoms with E-state index in [0.29, 0.717) is 13.0 Å². The molecule has 1 rings (SSSR count). The van der Waals surface area contributed by atoms with Gasteiger partial charge in [-0.2, -0.15) is 5.26 Å². The average molecular weight is 276 g/mol. The molecule has 0 heterocycles. The van der Waals surface area contributed by atoms with Crippen molar-refractivity contribution in [3.8, 4) is 17.6 Å². The van der Waals surface area contributed by atoms with Crippen molar-refractivity contribution in [1.29, 1.82) is 5.26 Å². The highest BCUT2D eigenvalue weighted by Crippen LogP contribution is 2.28. The van der Waals surface area contributed by atoms with Gasteiger partial charge in [-0.1, -0.05) is 13.0 Å². The largest absolute Gasteiger partial charge is 0.493 e. The molecular formula is C16H24N2O2. The van der Waals surface area contributed by atoms with E-state index >= 15 is 0 Å². The molecule has 0 spiro atoms. The summed E-state index contributed by atoms with van der Waals surface area (Å²) in [5.41, 5.74) is 1.19. The molecule has 0 radical (unpaired) electrons. The van der Waals surface area contributed by atoms with E-state index in [0.717, 1.165) is 43.9 Å². The number of nitrogens with zero attached hydrogens (tertiary/aromatic N) is 1. The summed E-state index contributed by atoms with van der Waals surface area (Å²) in [6.45, 7) is 4.62. The Labute approximate surface area is 121 Å². The third-order valence-electron chi connectivity index (χ3n) is 2.92. The van der Waals surface area contributed by atoms with E-state index in [1.807, 2.05) is 12.1 Å². The van der Waals surface area contributed by atoms with Crippen molar-refractivity contribution in [2.45, 2.75) is 39.2 Å². The number of benzene rings is 1. The zero-order valence-electron chi connectivity index (χ0n) is 12.4. The molecular weight excluding hydrogens is 252 g/mol. The molecule has 1 aromatic rings. The molecule has 1 aromatic carbocycles. The molecule has 0 bridgehead atoms. The highest BCUT2D eigenvalue weighted by atomic mass is 16.5. The van der Waals surface area contributed by atoms with Gasteiger partial charge in [0.1, 0.15) is 0 Å². The van der Waals surface area contributed by atoms with Gasteiger partial charge in [0.15, 0.2) is 11.5 Å². The Bertz CT molecular complexity index is 427. The smallest absolute Gasteiger partial charge is 0.161 e. The molecule has 0 fully saturated rings. The van der Waals surface area contributed by atoms with E-state index in [-0.39, 0.29) is 0 Å². The summed E-state index contributed by atoms with van der Waals surface area (Å²) in [4.78, 5) is 0. The predicted octanol–water partition coefficient (Wildman–Crippen LogP) is 3.27. The average Bonchev–Trinajstić information content (AvgIpc) is 2.48. The SMILES string of the molecule is CCCNCc1ccc(OCCCCC#N)c(OC)c1. The molecule has 0 aliphatic carbocycles. The molecule has 0 amide bonds. The van der Waals surface area contributed by atoms with Gasteiger partial charge in [-0.25, -0.2) is 0 Å². The van der Waals surface area contributed by atoms with Crippen LogP contribution < -0.4 is 14.8 Å². The molecule has 0 aromatic heterocycles. The summed E-state index contributed by atoms with van der Waals surface area (Å²) >= 11 is 0. The number of methoxy groups -OCH3 is 1. The Hall–Kier alpha value is -1.73. The van der Waals surface area contributed by atoms with Gasteiger partial charge in [0, 0.05) is 13.0 Å². The van der Waals surface area contributed by atoms with Crippen LogP contribution in [0.1, 0.15) is 38.2 Å². The lowest BCUT2D eigenvalue weighted by molar-refractivity contribution is 0.286. The first-order valence-electron chi connectivity index (χ1n) is 7.19. The first kappa shape index (κ1) is 16.3. The van der Waals surface area contributed by atoms with E-state index in [2.05, 4.69) is 24.4 Å². The van der Waals surface area contributed by atoms with Crippen molar-refractivity contribution in [2.75, 3.05) is 20.3 Å². The zero-order valence-corrected chi connectivity index (χ0v) is 12.4. The van der Waals surface area contributed by atoms with Gasteiger partial charge in [-0.3, -0.25) is 0 Å². The Morgan fingerprint density at radius 3 is 2.80 bits per heavy atom. The predicted molar refractivity (Wildman–Crippen MR) is 80.0 cm³/mol. The lowest BCUT2D eigenvalue weighted by atomic mass is 10.2. The number of rotatable bonds is 10. The van der Waals surface area contributed by atoms with Crippen LogP contribution in [0.2, 0.25) is 0 Å². The standard InChI is InChI=1S/C16H24N2O2/c1-3-10-18-13-14-7-8-15(16(12-14)19-2)20-11-6-4-5-9-17/h7-8,12,18H,3-6,10-11,13H2,1-2H3. The molecule has 0 aliphatic rings. The first-order valence-corrected chi connectivity index (χ1v) is 7.19. The summed E-state index contributed by atoms with van der Waals surface area (Å²) in [6.07, 6.45) is 3.47. The van der Waals surface area contributed by atoms with Gasteiger partial charge in [0.25, 0.3) is 0 Å². The minimum absolute atomic E-state index is 0.586.